The molecule has 3 amide bonds. The number of ether oxygens (including phenoxy) is 2. The first-order valence-corrected chi connectivity index (χ1v) is 11.4. The summed E-state index contributed by atoms with van der Waals surface area (Å²) in [5, 5.41) is 26.5. The van der Waals surface area contributed by atoms with Gasteiger partial charge in [0.15, 0.2) is 0 Å². The normalized spacial score (nSPS) is 12.7. The maximum absolute atomic E-state index is 12.7. The minimum Gasteiger partial charge on any atom is -0.383 e. The van der Waals surface area contributed by atoms with Gasteiger partial charge in [0, 0.05) is 24.2 Å². The molecule has 194 valence electrons. The van der Waals surface area contributed by atoms with Crippen molar-refractivity contribution in [2.24, 2.45) is 5.41 Å². The van der Waals surface area contributed by atoms with E-state index < -0.39 is 41.7 Å². The fraction of sp³-hybridized carbons (Fsp3) is 0.542. The number of halogens is 1. The summed E-state index contributed by atoms with van der Waals surface area (Å²) in [6.45, 7) is 6.10. The molecule has 1 aromatic carbocycles. The van der Waals surface area contributed by atoms with E-state index in [9.17, 15) is 24.7 Å². The lowest BCUT2D eigenvalue weighted by molar-refractivity contribution is -0.197. The lowest BCUT2D eigenvalue weighted by atomic mass is 9.85. The standard InChI is InChI=1S/C24H34ClN3O7/c1-24(2,3)21(22(31)27-12-13-35-15-14-34-4)28(33)23(32)19(29)16-20(30)26-11-5-6-17-7-9-18(25)10-8-17/h7-10,19,21,29,33H,11-16H2,1-4H3,(H,26,30)(H,27,31)/t19-,21+/m0/s1. The zero-order chi connectivity index (χ0) is 26.4. The minimum atomic E-state index is -1.85. The molecule has 0 saturated carbocycles. The molecule has 0 fully saturated rings. The number of nitrogens with zero attached hydrogens (tertiary/aromatic N) is 1. The third-order valence-corrected chi connectivity index (χ3v) is 4.88. The summed E-state index contributed by atoms with van der Waals surface area (Å²) < 4.78 is 10.1. The van der Waals surface area contributed by atoms with E-state index in [1.165, 1.54) is 0 Å². The van der Waals surface area contributed by atoms with Crippen LogP contribution in [0.4, 0.5) is 0 Å². The first-order chi connectivity index (χ1) is 16.5. The molecule has 10 nitrogen and oxygen atoms in total. The summed E-state index contributed by atoms with van der Waals surface area (Å²) in [5.74, 6) is 3.14. The van der Waals surface area contributed by atoms with Crippen molar-refractivity contribution in [3.63, 3.8) is 0 Å². The van der Waals surface area contributed by atoms with Crippen molar-refractivity contribution in [2.45, 2.75) is 39.3 Å². The smallest absolute Gasteiger partial charge is 0.276 e. The summed E-state index contributed by atoms with van der Waals surface area (Å²) in [7, 11) is 1.54. The highest BCUT2D eigenvalue weighted by Crippen LogP contribution is 2.24. The summed E-state index contributed by atoms with van der Waals surface area (Å²) in [6.07, 6.45) is -2.45. The number of benzene rings is 1. The second-order valence-corrected chi connectivity index (χ2v) is 9.09. The summed E-state index contributed by atoms with van der Waals surface area (Å²) >= 11 is 5.81. The predicted molar refractivity (Wildman–Crippen MR) is 130 cm³/mol. The van der Waals surface area contributed by atoms with E-state index in [0.29, 0.717) is 23.8 Å². The number of carbonyl (C=O) groups excluding carboxylic acids is 3. The van der Waals surface area contributed by atoms with Crippen LogP contribution in [0.1, 0.15) is 32.8 Å². The molecule has 35 heavy (non-hydrogen) atoms. The number of hydrogen-bond donors (Lipinski definition) is 4. The Labute approximate surface area is 210 Å². The van der Waals surface area contributed by atoms with Crippen molar-refractivity contribution in [1.82, 2.24) is 15.7 Å². The molecule has 0 heterocycles. The zero-order valence-corrected chi connectivity index (χ0v) is 21.2. The van der Waals surface area contributed by atoms with Crippen molar-refractivity contribution in [3.05, 3.63) is 34.9 Å². The first-order valence-electron chi connectivity index (χ1n) is 11.0. The van der Waals surface area contributed by atoms with E-state index in [2.05, 4.69) is 22.5 Å². The van der Waals surface area contributed by atoms with Crippen molar-refractivity contribution in [1.29, 1.82) is 0 Å². The Balaban J connectivity index is 2.59. The molecule has 1 rings (SSSR count). The van der Waals surface area contributed by atoms with E-state index in [0.717, 1.165) is 0 Å². The molecule has 2 atom stereocenters. The van der Waals surface area contributed by atoms with Crippen molar-refractivity contribution in [3.8, 4) is 11.8 Å². The highest BCUT2D eigenvalue weighted by Gasteiger charge is 2.40. The highest BCUT2D eigenvalue weighted by atomic mass is 35.5. The van der Waals surface area contributed by atoms with Crippen molar-refractivity contribution >= 4 is 29.3 Å². The molecular weight excluding hydrogens is 478 g/mol. The molecular formula is C24H34ClN3O7. The molecule has 0 aliphatic rings. The van der Waals surface area contributed by atoms with Crippen LogP contribution in [0.3, 0.4) is 0 Å². The Morgan fingerprint density at radius 3 is 2.37 bits per heavy atom. The molecule has 4 N–H and O–H groups in total. The fourth-order valence-corrected chi connectivity index (χ4v) is 3.02. The molecule has 0 aliphatic heterocycles. The van der Waals surface area contributed by atoms with E-state index in [-0.39, 0.29) is 24.8 Å². The number of hydrogen-bond acceptors (Lipinski definition) is 7. The Bertz CT molecular complexity index is 891. The summed E-state index contributed by atoms with van der Waals surface area (Å²) in [5.41, 5.74) is -0.159. The molecule has 0 radical (unpaired) electrons. The van der Waals surface area contributed by atoms with Crippen molar-refractivity contribution in [2.75, 3.05) is 40.0 Å². The number of amides is 3. The quantitative estimate of drug-likeness (QED) is 0.142. The Kier molecular flexibility index (Phi) is 13.3. The maximum Gasteiger partial charge on any atom is 0.276 e. The van der Waals surface area contributed by atoms with Crippen LogP contribution in [0.5, 0.6) is 0 Å². The number of aliphatic hydroxyl groups is 1. The molecule has 1 aromatic rings. The van der Waals surface area contributed by atoms with Gasteiger partial charge in [-0.3, -0.25) is 19.6 Å². The van der Waals surface area contributed by atoms with Crippen LogP contribution in [-0.4, -0.2) is 85.3 Å². The Hall–Kier alpha value is -2.68. The molecule has 11 heteroatoms. The molecule has 0 unspecified atom stereocenters. The van der Waals surface area contributed by atoms with Gasteiger partial charge in [-0.15, -0.1) is 0 Å². The van der Waals surface area contributed by atoms with Gasteiger partial charge in [-0.2, -0.15) is 0 Å². The van der Waals surface area contributed by atoms with Gasteiger partial charge in [0.2, 0.25) is 11.8 Å². The SMILES string of the molecule is COCCOCCNC(=O)[C@@H](N(O)C(=O)[C@@H](O)CC(=O)NCC#Cc1ccc(Cl)cc1)C(C)(C)C. The lowest BCUT2D eigenvalue weighted by Crippen LogP contribution is -2.57. The summed E-state index contributed by atoms with van der Waals surface area (Å²) in [4.78, 5) is 37.3. The zero-order valence-electron chi connectivity index (χ0n) is 20.5. The van der Waals surface area contributed by atoms with Crippen molar-refractivity contribution < 1.29 is 34.2 Å². The molecule has 0 saturated heterocycles. The van der Waals surface area contributed by atoms with Gasteiger partial charge in [0.1, 0.15) is 12.1 Å². The van der Waals surface area contributed by atoms with E-state index in [1.54, 1.807) is 52.1 Å². The third-order valence-electron chi connectivity index (χ3n) is 4.63. The van der Waals surface area contributed by atoms with Crippen LogP contribution in [0, 0.1) is 17.3 Å². The topological polar surface area (TPSA) is 137 Å². The van der Waals surface area contributed by atoms with Gasteiger partial charge in [-0.25, -0.2) is 5.06 Å². The largest absolute Gasteiger partial charge is 0.383 e. The Morgan fingerprint density at radius 1 is 1.11 bits per heavy atom. The van der Waals surface area contributed by atoms with Gasteiger partial charge < -0.3 is 25.2 Å². The van der Waals surface area contributed by atoms with E-state index >= 15 is 0 Å². The number of carbonyl (C=O) groups is 3. The van der Waals surface area contributed by atoms with Crippen LogP contribution in [0.25, 0.3) is 0 Å². The highest BCUT2D eigenvalue weighted by molar-refractivity contribution is 6.30. The van der Waals surface area contributed by atoms with Gasteiger partial charge in [0.25, 0.3) is 5.91 Å². The first kappa shape index (κ1) is 30.4. The number of methoxy groups -OCH3 is 1. The second kappa shape index (κ2) is 15.3. The average molecular weight is 512 g/mol. The van der Waals surface area contributed by atoms with E-state index in [1.807, 2.05) is 0 Å². The second-order valence-electron chi connectivity index (χ2n) is 8.65. The minimum absolute atomic E-state index is 0.00924. The Morgan fingerprint density at radius 2 is 1.77 bits per heavy atom. The summed E-state index contributed by atoms with van der Waals surface area (Å²) in [6, 6.07) is 5.53. The average Bonchev–Trinajstić information content (AvgIpc) is 2.78. The number of rotatable bonds is 12. The number of aliphatic hydroxyl groups excluding tert-OH is 1. The van der Waals surface area contributed by atoms with Crippen LogP contribution < -0.4 is 10.6 Å². The monoisotopic (exact) mass is 511 g/mol. The van der Waals surface area contributed by atoms with Gasteiger partial charge >= 0.3 is 0 Å². The number of hydroxylamine groups is 2. The third kappa shape index (κ3) is 11.5. The van der Waals surface area contributed by atoms with Crippen LogP contribution in [-0.2, 0) is 23.9 Å². The molecule has 0 spiro atoms. The van der Waals surface area contributed by atoms with Crippen LogP contribution in [0.2, 0.25) is 5.02 Å². The number of nitrogens with one attached hydrogen (secondary N) is 2. The van der Waals surface area contributed by atoms with Crippen LogP contribution >= 0.6 is 11.6 Å². The maximum atomic E-state index is 12.7. The predicted octanol–water partition coefficient (Wildman–Crippen LogP) is 0.970. The van der Waals surface area contributed by atoms with Gasteiger partial charge in [0.05, 0.1) is 32.8 Å². The van der Waals surface area contributed by atoms with Crippen LogP contribution in [0.15, 0.2) is 24.3 Å². The fourth-order valence-electron chi connectivity index (χ4n) is 2.90. The molecule has 0 bridgehead atoms. The van der Waals surface area contributed by atoms with Gasteiger partial charge in [-0.1, -0.05) is 44.2 Å². The lowest BCUT2D eigenvalue weighted by Gasteiger charge is -2.35. The van der Waals surface area contributed by atoms with E-state index in [4.69, 9.17) is 21.1 Å². The molecule has 0 aromatic heterocycles. The van der Waals surface area contributed by atoms with Gasteiger partial charge in [-0.05, 0) is 29.7 Å². The molecule has 0 aliphatic carbocycles.